The van der Waals surface area contributed by atoms with Crippen molar-refractivity contribution < 1.29 is 18.3 Å². The van der Waals surface area contributed by atoms with Crippen molar-refractivity contribution in [1.29, 1.82) is 0 Å². The molecule has 156 valence electrons. The van der Waals surface area contributed by atoms with E-state index < -0.39 is 17.5 Å². The molecule has 3 aromatic rings. The Kier molecular flexibility index (Phi) is 6.91. The first-order valence-corrected chi connectivity index (χ1v) is 12.2. The van der Waals surface area contributed by atoms with E-state index in [4.69, 9.17) is 4.74 Å². The van der Waals surface area contributed by atoms with E-state index in [1.54, 1.807) is 0 Å². The molecule has 0 radical (unpaired) electrons. The molecule has 1 aliphatic rings. The number of carbonyl (C=O) groups excluding carboxylic acids is 1. The smallest absolute Gasteiger partial charge is 0.264 e. The predicted molar refractivity (Wildman–Crippen MR) is 120 cm³/mol. The number of thiazole rings is 1. The Morgan fingerprint density at radius 2 is 1.80 bits per heavy atom. The van der Waals surface area contributed by atoms with Gasteiger partial charge in [0.1, 0.15) is 17.4 Å². The molecule has 1 aliphatic heterocycles. The zero-order valence-electron chi connectivity index (χ0n) is 15.8. The summed E-state index contributed by atoms with van der Waals surface area (Å²) < 4.78 is 33.8. The first kappa shape index (κ1) is 21.1. The summed E-state index contributed by atoms with van der Waals surface area (Å²) in [6.45, 7) is -0.185. The highest BCUT2D eigenvalue weighted by atomic mass is 32.2. The van der Waals surface area contributed by atoms with Gasteiger partial charge in [0.2, 0.25) is 0 Å². The van der Waals surface area contributed by atoms with E-state index in [9.17, 15) is 13.6 Å². The molecule has 0 unspecified atom stereocenters. The standard InChI is InChI=1S/C21H18F2N2O2S3/c22-15-3-1-4-16(23)19(15)17-12-30-21(24-17)25-18(26)11-27-14-7-5-13(6-8-14)20-28-9-2-10-29-20/h1,3-8,12,20H,2,9-11H2,(H,24,25,26). The lowest BCUT2D eigenvalue weighted by Gasteiger charge is -2.21. The summed E-state index contributed by atoms with van der Waals surface area (Å²) in [5, 5.41) is 4.35. The van der Waals surface area contributed by atoms with Gasteiger partial charge in [0.05, 0.1) is 15.8 Å². The second kappa shape index (κ2) is 9.80. The number of rotatable bonds is 6. The average molecular weight is 465 g/mol. The van der Waals surface area contributed by atoms with Crippen molar-refractivity contribution in [1.82, 2.24) is 4.98 Å². The van der Waals surface area contributed by atoms with Crippen LogP contribution in [0.3, 0.4) is 0 Å². The molecule has 0 bridgehead atoms. The third-order valence-electron chi connectivity index (χ3n) is 4.32. The number of ether oxygens (including phenoxy) is 1. The Hall–Kier alpha value is -2.10. The molecule has 9 heteroatoms. The zero-order valence-corrected chi connectivity index (χ0v) is 18.2. The minimum atomic E-state index is -0.699. The molecule has 30 heavy (non-hydrogen) atoms. The van der Waals surface area contributed by atoms with Crippen molar-refractivity contribution in [3.05, 3.63) is 65.0 Å². The van der Waals surface area contributed by atoms with Crippen molar-refractivity contribution in [2.45, 2.75) is 11.0 Å². The monoisotopic (exact) mass is 464 g/mol. The summed E-state index contributed by atoms with van der Waals surface area (Å²) in [5.41, 5.74) is 1.18. The van der Waals surface area contributed by atoms with Crippen molar-refractivity contribution in [2.24, 2.45) is 0 Å². The number of benzene rings is 2. The van der Waals surface area contributed by atoms with Gasteiger partial charge in [-0.15, -0.1) is 34.9 Å². The highest BCUT2D eigenvalue weighted by Gasteiger charge is 2.17. The van der Waals surface area contributed by atoms with Gasteiger partial charge in [-0.1, -0.05) is 18.2 Å². The summed E-state index contributed by atoms with van der Waals surface area (Å²) in [6, 6.07) is 11.4. The lowest BCUT2D eigenvalue weighted by molar-refractivity contribution is -0.118. The molecule has 4 rings (SSSR count). The Morgan fingerprint density at radius 3 is 2.50 bits per heavy atom. The van der Waals surface area contributed by atoms with Gasteiger partial charge in [-0.25, -0.2) is 13.8 Å². The normalized spacial score (nSPS) is 14.5. The molecule has 1 amide bonds. The number of nitrogens with one attached hydrogen (secondary N) is 1. The number of hydrogen-bond acceptors (Lipinski definition) is 6. The molecule has 2 aromatic carbocycles. The first-order valence-electron chi connectivity index (χ1n) is 9.26. The van der Waals surface area contributed by atoms with E-state index in [2.05, 4.69) is 10.3 Å². The van der Waals surface area contributed by atoms with Crippen LogP contribution < -0.4 is 10.1 Å². The average Bonchev–Trinajstić information content (AvgIpc) is 3.21. The Morgan fingerprint density at radius 1 is 1.10 bits per heavy atom. The summed E-state index contributed by atoms with van der Waals surface area (Å²) in [7, 11) is 0. The molecule has 0 saturated carbocycles. The molecule has 1 saturated heterocycles. The molecule has 1 N–H and O–H groups in total. The molecule has 1 aromatic heterocycles. The highest BCUT2D eigenvalue weighted by molar-refractivity contribution is 8.16. The van der Waals surface area contributed by atoms with Crippen LogP contribution >= 0.6 is 34.9 Å². The summed E-state index contributed by atoms with van der Waals surface area (Å²) >= 11 is 4.99. The van der Waals surface area contributed by atoms with E-state index in [0.29, 0.717) is 10.3 Å². The lowest BCUT2D eigenvalue weighted by atomic mass is 10.1. The third kappa shape index (κ3) is 5.14. The second-order valence-corrected chi connectivity index (χ2v) is 10.0. The third-order valence-corrected chi connectivity index (χ3v) is 8.09. The van der Waals surface area contributed by atoms with Crippen LogP contribution in [0.25, 0.3) is 11.3 Å². The lowest BCUT2D eigenvalue weighted by Crippen LogP contribution is -2.20. The van der Waals surface area contributed by atoms with Crippen LogP contribution in [0.2, 0.25) is 0 Å². The largest absolute Gasteiger partial charge is 0.484 e. The van der Waals surface area contributed by atoms with Crippen molar-refractivity contribution in [2.75, 3.05) is 23.4 Å². The maximum absolute atomic E-state index is 13.9. The summed E-state index contributed by atoms with van der Waals surface area (Å²) in [5.74, 6) is 1.17. The quantitative estimate of drug-likeness (QED) is 0.487. The van der Waals surface area contributed by atoms with E-state index in [0.717, 1.165) is 11.3 Å². The SMILES string of the molecule is O=C(COc1ccc(C2SCCCS2)cc1)Nc1nc(-c2c(F)cccc2F)cs1. The fraction of sp³-hybridized carbons (Fsp3) is 0.238. The number of carbonyl (C=O) groups is 1. The van der Waals surface area contributed by atoms with E-state index in [-0.39, 0.29) is 23.0 Å². The first-order chi connectivity index (χ1) is 14.6. The minimum absolute atomic E-state index is 0.140. The van der Waals surface area contributed by atoms with Gasteiger partial charge in [-0.05, 0) is 47.8 Å². The molecule has 4 nitrogen and oxygen atoms in total. The highest BCUT2D eigenvalue weighted by Crippen LogP contribution is 2.43. The number of halogens is 2. The minimum Gasteiger partial charge on any atom is -0.484 e. The van der Waals surface area contributed by atoms with Crippen LogP contribution in [-0.2, 0) is 4.79 Å². The molecule has 0 spiro atoms. The van der Waals surface area contributed by atoms with Gasteiger partial charge in [0.15, 0.2) is 11.7 Å². The Bertz CT molecular complexity index is 1000. The maximum Gasteiger partial charge on any atom is 0.264 e. The molecule has 0 aliphatic carbocycles. The number of nitrogens with zero attached hydrogens (tertiary/aromatic N) is 1. The van der Waals surface area contributed by atoms with Crippen LogP contribution in [0.5, 0.6) is 5.75 Å². The summed E-state index contributed by atoms with van der Waals surface area (Å²) in [6.07, 6.45) is 1.25. The topological polar surface area (TPSA) is 51.2 Å². The van der Waals surface area contributed by atoms with Crippen LogP contribution in [0.4, 0.5) is 13.9 Å². The van der Waals surface area contributed by atoms with Crippen molar-refractivity contribution in [3.8, 4) is 17.0 Å². The van der Waals surface area contributed by atoms with E-state index in [1.807, 2.05) is 47.8 Å². The Balaban J connectivity index is 1.31. The molecule has 1 fully saturated rings. The second-order valence-electron chi connectivity index (χ2n) is 6.47. The van der Waals surface area contributed by atoms with Crippen molar-refractivity contribution in [3.63, 3.8) is 0 Å². The number of amides is 1. The fourth-order valence-corrected chi connectivity index (χ4v) is 6.51. The van der Waals surface area contributed by atoms with Gasteiger partial charge in [-0.3, -0.25) is 10.1 Å². The number of hydrogen-bond donors (Lipinski definition) is 1. The van der Waals surface area contributed by atoms with E-state index in [1.165, 1.54) is 47.1 Å². The van der Waals surface area contributed by atoms with Gasteiger partial charge in [0.25, 0.3) is 5.91 Å². The summed E-state index contributed by atoms with van der Waals surface area (Å²) in [4.78, 5) is 16.3. The fourth-order valence-electron chi connectivity index (χ4n) is 2.89. The number of anilines is 1. The van der Waals surface area contributed by atoms with Gasteiger partial charge >= 0.3 is 0 Å². The Labute approximate surface area is 185 Å². The molecule has 2 heterocycles. The van der Waals surface area contributed by atoms with E-state index >= 15 is 0 Å². The van der Waals surface area contributed by atoms with Gasteiger partial charge in [-0.2, -0.15) is 0 Å². The maximum atomic E-state index is 13.9. The number of aromatic nitrogens is 1. The number of thioether (sulfide) groups is 2. The van der Waals surface area contributed by atoms with Crippen molar-refractivity contribution >= 4 is 45.9 Å². The van der Waals surface area contributed by atoms with Crippen LogP contribution in [0.1, 0.15) is 16.6 Å². The molecular weight excluding hydrogens is 446 g/mol. The van der Waals surface area contributed by atoms with Gasteiger partial charge in [0, 0.05) is 5.38 Å². The molecule has 0 atom stereocenters. The van der Waals surface area contributed by atoms with Crippen LogP contribution in [-0.4, -0.2) is 29.0 Å². The van der Waals surface area contributed by atoms with Crippen LogP contribution in [0, 0.1) is 11.6 Å². The van der Waals surface area contributed by atoms with Gasteiger partial charge < -0.3 is 4.74 Å². The predicted octanol–water partition coefficient (Wildman–Crippen LogP) is 5.97. The zero-order chi connectivity index (χ0) is 20.9. The van der Waals surface area contributed by atoms with Crippen LogP contribution in [0.15, 0.2) is 47.8 Å². The molecular formula is C21H18F2N2O2S3.